The van der Waals surface area contributed by atoms with E-state index in [2.05, 4.69) is 10.6 Å². The molecule has 0 aliphatic carbocycles. The molecule has 0 saturated heterocycles. The van der Waals surface area contributed by atoms with Crippen molar-refractivity contribution in [1.82, 2.24) is 5.32 Å². The van der Waals surface area contributed by atoms with E-state index in [1.807, 2.05) is 6.92 Å². The first-order valence-electron chi connectivity index (χ1n) is 7.61. The molecule has 0 aliphatic rings. The smallest absolute Gasteiger partial charge is 0.416 e. The van der Waals surface area contributed by atoms with Gasteiger partial charge in [-0.05, 0) is 25.5 Å². The SMILES string of the molecule is CCCNC(=O)COC(=O)[C@H](C)Nc1ccc(C(F)(F)F)cc1[N+](=O)[O-]. The van der Waals surface area contributed by atoms with Gasteiger partial charge in [-0.1, -0.05) is 6.92 Å². The number of benzene rings is 1. The number of amides is 1. The Balaban J connectivity index is 2.79. The Labute approximate surface area is 146 Å². The highest BCUT2D eigenvalue weighted by Gasteiger charge is 2.33. The van der Waals surface area contributed by atoms with Gasteiger partial charge in [0.1, 0.15) is 11.7 Å². The highest BCUT2D eigenvalue weighted by atomic mass is 19.4. The summed E-state index contributed by atoms with van der Waals surface area (Å²) in [6, 6.07) is 0.771. The fraction of sp³-hybridized carbons (Fsp3) is 0.467. The minimum atomic E-state index is -4.74. The second kappa shape index (κ2) is 9.02. The van der Waals surface area contributed by atoms with E-state index < -0.39 is 46.9 Å². The molecule has 0 bridgehead atoms. The molecule has 144 valence electrons. The van der Waals surface area contributed by atoms with Crippen molar-refractivity contribution < 1.29 is 32.4 Å². The van der Waals surface area contributed by atoms with Crippen molar-refractivity contribution in [2.75, 3.05) is 18.5 Å². The summed E-state index contributed by atoms with van der Waals surface area (Å²) in [5, 5.41) is 15.9. The highest BCUT2D eigenvalue weighted by Crippen LogP contribution is 2.35. The van der Waals surface area contributed by atoms with Crippen molar-refractivity contribution in [2.24, 2.45) is 0 Å². The van der Waals surface area contributed by atoms with Crippen LogP contribution in [0.2, 0.25) is 0 Å². The number of nitrogens with zero attached hydrogens (tertiary/aromatic N) is 1. The maximum absolute atomic E-state index is 12.7. The second-order valence-electron chi connectivity index (χ2n) is 5.31. The molecule has 26 heavy (non-hydrogen) atoms. The zero-order chi connectivity index (χ0) is 19.9. The van der Waals surface area contributed by atoms with E-state index in [0.717, 1.165) is 6.07 Å². The lowest BCUT2D eigenvalue weighted by atomic mass is 10.1. The zero-order valence-electron chi connectivity index (χ0n) is 14.1. The van der Waals surface area contributed by atoms with Crippen molar-refractivity contribution in [2.45, 2.75) is 32.5 Å². The summed E-state index contributed by atoms with van der Waals surface area (Å²) in [5.74, 6) is -1.39. The number of halogens is 3. The summed E-state index contributed by atoms with van der Waals surface area (Å²) < 4.78 is 42.7. The Morgan fingerprint density at radius 1 is 1.35 bits per heavy atom. The first kappa shape index (κ1) is 21.2. The van der Waals surface area contributed by atoms with E-state index in [4.69, 9.17) is 4.74 Å². The third-order valence-corrected chi connectivity index (χ3v) is 3.17. The molecule has 1 atom stereocenters. The van der Waals surface area contributed by atoms with Gasteiger partial charge in [0, 0.05) is 12.6 Å². The van der Waals surface area contributed by atoms with Gasteiger partial charge in [-0.15, -0.1) is 0 Å². The lowest BCUT2D eigenvalue weighted by Crippen LogP contribution is -2.34. The number of ether oxygens (including phenoxy) is 1. The number of hydrogen-bond acceptors (Lipinski definition) is 6. The number of esters is 1. The lowest BCUT2D eigenvalue weighted by Gasteiger charge is -2.15. The van der Waals surface area contributed by atoms with Gasteiger partial charge in [-0.2, -0.15) is 13.2 Å². The molecular formula is C15H18F3N3O5. The molecule has 1 aromatic carbocycles. The summed E-state index contributed by atoms with van der Waals surface area (Å²) >= 11 is 0. The predicted molar refractivity (Wildman–Crippen MR) is 85.4 cm³/mol. The number of alkyl halides is 3. The Kier molecular flexibility index (Phi) is 7.35. The van der Waals surface area contributed by atoms with E-state index in [1.165, 1.54) is 6.92 Å². The lowest BCUT2D eigenvalue weighted by molar-refractivity contribution is -0.384. The second-order valence-corrected chi connectivity index (χ2v) is 5.31. The maximum Gasteiger partial charge on any atom is 0.416 e. The molecule has 1 amide bonds. The average Bonchev–Trinajstić information content (AvgIpc) is 2.56. The Morgan fingerprint density at radius 3 is 2.54 bits per heavy atom. The number of nitrogens with one attached hydrogen (secondary N) is 2. The zero-order valence-corrected chi connectivity index (χ0v) is 14.1. The van der Waals surface area contributed by atoms with Crippen molar-refractivity contribution in [3.63, 3.8) is 0 Å². The summed E-state index contributed by atoms with van der Waals surface area (Å²) in [6.45, 7) is 3.03. The fourth-order valence-electron chi connectivity index (χ4n) is 1.85. The number of rotatable bonds is 8. The summed E-state index contributed by atoms with van der Waals surface area (Å²) in [5.41, 5.74) is -2.29. The molecule has 0 aliphatic heterocycles. The minimum absolute atomic E-state index is 0.275. The van der Waals surface area contributed by atoms with Crippen LogP contribution in [0.3, 0.4) is 0 Å². The fourth-order valence-corrected chi connectivity index (χ4v) is 1.85. The van der Waals surface area contributed by atoms with Crippen molar-refractivity contribution in [3.8, 4) is 0 Å². The summed E-state index contributed by atoms with van der Waals surface area (Å²) in [7, 11) is 0. The van der Waals surface area contributed by atoms with E-state index in [9.17, 15) is 32.9 Å². The largest absolute Gasteiger partial charge is 0.454 e. The molecule has 1 rings (SSSR count). The molecule has 8 nitrogen and oxygen atoms in total. The first-order chi connectivity index (χ1) is 12.1. The number of anilines is 1. The molecule has 0 radical (unpaired) electrons. The van der Waals surface area contributed by atoms with Crippen LogP contribution in [0.4, 0.5) is 24.5 Å². The molecule has 0 heterocycles. The molecule has 1 aromatic rings. The van der Waals surface area contributed by atoms with Crippen LogP contribution in [0.25, 0.3) is 0 Å². The first-order valence-corrected chi connectivity index (χ1v) is 7.61. The van der Waals surface area contributed by atoms with E-state index >= 15 is 0 Å². The average molecular weight is 377 g/mol. The number of hydrogen-bond donors (Lipinski definition) is 2. The van der Waals surface area contributed by atoms with Crippen LogP contribution in [0.1, 0.15) is 25.8 Å². The van der Waals surface area contributed by atoms with Crippen molar-refractivity contribution in [1.29, 1.82) is 0 Å². The quantitative estimate of drug-likeness (QED) is 0.409. The Bertz CT molecular complexity index is 679. The molecule has 0 aromatic heterocycles. The van der Waals surface area contributed by atoms with Crippen LogP contribution in [0.5, 0.6) is 0 Å². The van der Waals surface area contributed by atoms with Crippen LogP contribution in [-0.4, -0.2) is 36.0 Å². The van der Waals surface area contributed by atoms with Crippen LogP contribution < -0.4 is 10.6 Å². The Morgan fingerprint density at radius 2 is 2.00 bits per heavy atom. The standard InChI is InChI=1S/C15H18F3N3O5/c1-3-6-19-13(22)8-26-14(23)9(2)20-11-5-4-10(15(16,17)18)7-12(11)21(24)25/h4-5,7,9,20H,3,6,8H2,1-2H3,(H,19,22)/t9-/m0/s1. The summed E-state index contributed by atoms with van der Waals surface area (Å²) in [4.78, 5) is 33.2. The van der Waals surface area contributed by atoms with Crippen LogP contribution in [-0.2, 0) is 20.5 Å². The van der Waals surface area contributed by atoms with E-state index in [0.29, 0.717) is 25.1 Å². The minimum Gasteiger partial charge on any atom is -0.454 e. The van der Waals surface area contributed by atoms with Crippen LogP contribution in [0, 0.1) is 10.1 Å². The highest BCUT2D eigenvalue weighted by molar-refractivity contribution is 5.84. The van der Waals surface area contributed by atoms with Crippen LogP contribution >= 0.6 is 0 Å². The molecule has 0 fully saturated rings. The monoisotopic (exact) mass is 377 g/mol. The Hall–Kier alpha value is -2.85. The molecule has 0 spiro atoms. The molecule has 0 unspecified atom stereocenters. The van der Waals surface area contributed by atoms with Crippen molar-refractivity contribution >= 4 is 23.3 Å². The number of nitro groups is 1. The molecule has 11 heteroatoms. The van der Waals surface area contributed by atoms with Gasteiger partial charge in [-0.25, -0.2) is 4.79 Å². The predicted octanol–water partition coefficient (Wildman–Crippen LogP) is 2.48. The maximum atomic E-state index is 12.7. The van der Waals surface area contributed by atoms with Gasteiger partial charge in [0.2, 0.25) is 0 Å². The van der Waals surface area contributed by atoms with Crippen LogP contribution in [0.15, 0.2) is 18.2 Å². The summed E-state index contributed by atoms with van der Waals surface area (Å²) in [6.07, 6.45) is -4.03. The molecule has 0 saturated carbocycles. The third kappa shape index (κ3) is 6.22. The van der Waals surface area contributed by atoms with Gasteiger partial charge in [-0.3, -0.25) is 14.9 Å². The van der Waals surface area contributed by atoms with Gasteiger partial charge >= 0.3 is 12.1 Å². The van der Waals surface area contributed by atoms with E-state index in [1.54, 1.807) is 0 Å². The van der Waals surface area contributed by atoms with Crippen molar-refractivity contribution in [3.05, 3.63) is 33.9 Å². The van der Waals surface area contributed by atoms with Gasteiger partial charge < -0.3 is 15.4 Å². The molecular weight excluding hydrogens is 359 g/mol. The third-order valence-electron chi connectivity index (χ3n) is 3.17. The van der Waals surface area contributed by atoms with E-state index in [-0.39, 0.29) is 5.69 Å². The number of nitro benzene ring substituents is 1. The molecule has 2 N–H and O–H groups in total. The van der Waals surface area contributed by atoms with Gasteiger partial charge in [0.05, 0.1) is 10.5 Å². The normalized spacial score (nSPS) is 12.2. The number of carbonyl (C=O) groups is 2. The van der Waals surface area contributed by atoms with Gasteiger partial charge in [0.15, 0.2) is 6.61 Å². The van der Waals surface area contributed by atoms with Gasteiger partial charge in [0.25, 0.3) is 11.6 Å². The topological polar surface area (TPSA) is 111 Å². The number of carbonyl (C=O) groups excluding carboxylic acids is 2.